The van der Waals surface area contributed by atoms with Crippen LogP contribution in [0.1, 0.15) is 6.92 Å². The largest absolute Gasteiger partial charge is 0.494 e. The van der Waals surface area contributed by atoms with Crippen molar-refractivity contribution in [2.75, 3.05) is 11.9 Å². The molecular formula is C18H17N9O2. The van der Waals surface area contributed by atoms with Crippen LogP contribution in [0.5, 0.6) is 5.75 Å². The predicted octanol–water partition coefficient (Wildman–Crippen LogP) is 1.35. The van der Waals surface area contributed by atoms with E-state index in [1.807, 2.05) is 43.3 Å². The third kappa shape index (κ3) is 4.24. The molecule has 0 atom stereocenters. The molecule has 0 aliphatic heterocycles. The molecule has 2 aromatic heterocycles. The maximum atomic E-state index is 12.3. The zero-order chi connectivity index (χ0) is 20.1. The van der Waals surface area contributed by atoms with E-state index in [4.69, 9.17) is 4.74 Å². The smallest absolute Gasteiger partial charge is 0.248 e. The van der Waals surface area contributed by atoms with E-state index in [9.17, 15) is 4.79 Å². The van der Waals surface area contributed by atoms with Gasteiger partial charge in [-0.3, -0.25) is 4.79 Å². The highest BCUT2D eigenvalue weighted by atomic mass is 16.5. The first-order chi connectivity index (χ1) is 14.2. The molecule has 29 heavy (non-hydrogen) atoms. The van der Waals surface area contributed by atoms with Crippen LogP contribution in [0.2, 0.25) is 0 Å². The van der Waals surface area contributed by atoms with Crippen molar-refractivity contribution in [2.45, 2.75) is 13.5 Å². The Labute approximate surface area is 165 Å². The molecule has 1 N–H and O–H groups in total. The van der Waals surface area contributed by atoms with Crippen molar-refractivity contribution < 1.29 is 9.53 Å². The third-order valence-electron chi connectivity index (χ3n) is 3.91. The molecule has 0 saturated carbocycles. The SMILES string of the molecule is CCOc1cccc(NC(=O)Cn2nnc(-c3ccccc3-n3cnnn3)n2)c1. The number of benzene rings is 2. The quantitative estimate of drug-likeness (QED) is 0.500. The van der Waals surface area contributed by atoms with Gasteiger partial charge in [0.2, 0.25) is 11.7 Å². The Morgan fingerprint density at radius 2 is 2.03 bits per heavy atom. The summed E-state index contributed by atoms with van der Waals surface area (Å²) >= 11 is 0. The molecule has 0 bridgehead atoms. The molecule has 0 unspecified atom stereocenters. The molecule has 4 rings (SSSR count). The molecule has 146 valence electrons. The molecule has 11 nitrogen and oxygen atoms in total. The van der Waals surface area contributed by atoms with E-state index in [-0.39, 0.29) is 12.5 Å². The second kappa shape index (κ2) is 8.25. The summed E-state index contributed by atoms with van der Waals surface area (Å²) in [5.74, 6) is 0.768. The van der Waals surface area contributed by atoms with Crippen molar-refractivity contribution in [3.05, 3.63) is 54.9 Å². The fraction of sp³-hybridized carbons (Fsp3) is 0.167. The lowest BCUT2D eigenvalue weighted by atomic mass is 10.1. The fourth-order valence-corrected chi connectivity index (χ4v) is 2.71. The summed E-state index contributed by atoms with van der Waals surface area (Å²) in [6.07, 6.45) is 1.48. The first-order valence-electron chi connectivity index (χ1n) is 8.86. The van der Waals surface area contributed by atoms with Crippen LogP contribution in [0.15, 0.2) is 54.9 Å². The lowest BCUT2D eigenvalue weighted by Crippen LogP contribution is -2.20. The number of para-hydroxylation sites is 1. The molecular weight excluding hydrogens is 374 g/mol. The van der Waals surface area contributed by atoms with Crippen LogP contribution >= 0.6 is 0 Å². The Hall–Kier alpha value is -4.15. The standard InChI is InChI=1S/C18H17N9O2/c1-2-29-14-7-5-6-13(10-14)20-17(28)11-27-22-18(21-24-27)15-8-3-4-9-16(15)26-12-19-23-25-26/h3-10,12H,2,11H2,1H3,(H,20,28). The summed E-state index contributed by atoms with van der Waals surface area (Å²) in [5.41, 5.74) is 2.02. The number of aromatic nitrogens is 8. The number of rotatable bonds is 7. The van der Waals surface area contributed by atoms with Gasteiger partial charge >= 0.3 is 0 Å². The number of carbonyl (C=O) groups excluding carboxylic acids is 1. The van der Waals surface area contributed by atoms with Gasteiger partial charge in [0.25, 0.3) is 0 Å². The molecule has 11 heteroatoms. The minimum absolute atomic E-state index is 0.0844. The van der Waals surface area contributed by atoms with Crippen LogP contribution in [0.3, 0.4) is 0 Å². The first-order valence-corrected chi connectivity index (χ1v) is 8.86. The van der Waals surface area contributed by atoms with Crippen LogP contribution < -0.4 is 10.1 Å². The maximum absolute atomic E-state index is 12.3. The number of hydrogen-bond acceptors (Lipinski definition) is 8. The van der Waals surface area contributed by atoms with Gasteiger partial charge in [0.1, 0.15) is 18.6 Å². The Kier molecular flexibility index (Phi) is 5.18. The molecule has 4 aromatic rings. The van der Waals surface area contributed by atoms with E-state index in [1.165, 1.54) is 15.8 Å². The first kappa shape index (κ1) is 18.2. The minimum Gasteiger partial charge on any atom is -0.494 e. The summed E-state index contributed by atoms with van der Waals surface area (Å²) in [5, 5.41) is 26.3. The lowest BCUT2D eigenvalue weighted by molar-refractivity contribution is -0.117. The van der Waals surface area contributed by atoms with Gasteiger partial charge in [-0.25, -0.2) is 0 Å². The van der Waals surface area contributed by atoms with Gasteiger partial charge < -0.3 is 10.1 Å². The van der Waals surface area contributed by atoms with E-state index in [1.54, 1.807) is 12.1 Å². The molecule has 0 spiro atoms. The molecule has 0 aliphatic carbocycles. The number of hydrogen-bond donors (Lipinski definition) is 1. The third-order valence-corrected chi connectivity index (χ3v) is 3.91. The number of ether oxygens (including phenoxy) is 1. The van der Waals surface area contributed by atoms with Crippen LogP contribution in [0.25, 0.3) is 17.1 Å². The molecule has 0 saturated heterocycles. The molecule has 2 heterocycles. The van der Waals surface area contributed by atoms with Gasteiger partial charge in [0.05, 0.1) is 12.3 Å². The average molecular weight is 391 g/mol. The van der Waals surface area contributed by atoms with Gasteiger partial charge in [-0.2, -0.15) is 9.48 Å². The average Bonchev–Trinajstić information content (AvgIpc) is 3.41. The topological polar surface area (TPSA) is 126 Å². The fourth-order valence-electron chi connectivity index (χ4n) is 2.71. The van der Waals surface area contributed by atoms with E-state index < -0.39 is 0 Å². The highest BCUT2D eigenvalue weighted by Crippen LogP contribution is 2.22. The van der Waals surface area contributed by atoms with E-state index >= 15 is 0 Å². The van der Waals surface area contributed by atoms with E-state index in [0.29, 0.717) is 35.1 Å². The van der Waals surface area contributed by atoms with Crippen LogP contribution in [0, 0.1) is 0 Å². The summed E-state index contributed by atoms with van der Waals surface area (Å²) in [6.45, 7) is 2.37. The summed E-state index contributed by atoms with van der Waals surface area (Å²) in [7, 11) is 0. The summed E-state index contributed by atoms with van der Waals surface area (Å²) in [4.78, 5) is 13.6. The Balaban J connectivity index is 1.48. The molecule has 0 radical (unpaired) electrons. The van der Waals surface area contributed by atoms with Gasteiger partial charge in [-0.05, 0) is 46.8 Å². The van der Waals surface area contributed by atoms with Crippen molar-refractivity contribution >= 4 is 11.6 Å². The normalized spacial score (nSPS) is 10.7. The predicted molar refractivity (Wildman–Crippen MR) is 102 cm³/mol. The molecule has 0 fully saturated rings. The molecule has 2 aromatic carbocycles. The van der Waals surface area contributed by atoms with Crippen molar-refractivity contribution in [3.63, 3.8) is 0 Å². The number of nitrogens with one attached hydrogen (secondary N) is 1. The van der Waals surface area contributed by atoms with Gasteiger partial charge in [0.15, 0.2) is 0 Å². The van der Waals surface area contributed by atoms with E-state index in [0.717, 1.165) is 0 Å². The van der Waals surface area contributed by atoms with Crippen LogP contribution in [-0.2, 0) is 11.3 Å². The maximum Gasteiger partial charge on any atom is 0.248 e. The van der Waals surface area contributed by atoms with Crippen LogP contribution in [-0.4, -0.2) is 52.9 Å². The zero-order valence-electron chi connectivity index (χ0n) is 15.5. The van der Waals surface area contributed by atoms with Crippen molar-refractivity contribution in [3.8, 4) is 22.8 Å². The summed E-state index contributed by atoms with van der Waals surface area (Å²) < 4.78 is 6.94. The van der Waals surface area contributed by atoms with Gasteiger partial charge in [0, 0.05) is 17.3 Å². The number of amides is 1. The van der Waals surface area contributed by atoms with Crippen molar-refractivity contribution in [1.82, 2.24) is 40.4 Å². The molecule has 0 aliphatic rings. The van der Waals surface area contributed by atoms with Crippen molar-refractivity contribution in [1.29, 1.82) is 0 Å². The second-order valence-electron chi connectivity index (χ2n) is 5.92. The number of anilines is 1. The Morgan fingerprint density at radius 1 is 1.14 bits per heavy atom. The minimum atomic E-state index is -0.281. The lowest BCUT2D eigenvalue weighted by Gasteiger charge is -2.07. The zero-order valence-corrected chi connectivity index (χ0v) is 15.5. The summed E-state index contributed by atoms with van der Waals surface area (Å²) in [6, 6.07) is 14.5. The van der Waals surface area contributed by atoms with Gasteiger partial charge in [-0.1, -0.05) is 18.2 Å². The van der Waals surface area contributed by atoms with E-state index in [2.05, 4.69) is 36.3 Å². The Morgan fingerprint density at radius 3 is 2.86 bits per heavy atom. The highest BCUT2D eigenvalue weighted by Gasteiger charge is 2.14. The van der Waals surface area contributed by atoms with Gasteiger partial charge in [-0.15, -0.1) is 15.3 Å². The monoisotopic (exact) mass is 391 g/mol. The Bertz CT molecular complexity index is 1110. The van der Waals surface area contributed by atoms with Crippen molar-refractivity contribution in [2.24, 2.45) is 0 Å². The van der Waals surface area contributed by atoms with Crippen LogP contribution in [0.4, 0.5) is 5.69 Å². The molecule has 1 amide bonds. The highest BCUT2D eigenvalue weighted by molar-refractivity contribution is 5.90. The number of carbonyl (C=O) groups is 1. The number of tetrazole rings is 2. The second-order valence-corrected chi connectivity index (χ2v) is 5.92. The number of nitrogens with zero attached hydrogens (tertiary/aromatic N) is 8.